The van der Waals surface area contributed by atoms with E-state index in [4.69, 9.17) is 4.74 Å². The summed E-state index contributed by atoms with van der Waals surface area (Å²) in [6.45, 7) is 2.63. The number of anilines is 1. The molecule has 136 valence electrons. The van der Waals surface area contributed by atoms with Crippen LogP contribution in [-0.2, 0) is 20.3 Å². The van der Waals surface area contributed by atoms with E-state index in [0.29, 0.717) is 21.9 Å². The highest BCUT2D eigenvalue weighted by Crippen LogP contribution is 2.17. The minimum absolute atomic E-state index is 0.171. The van der Waals surface area contributed by atoms with E-state index in [-0.39, 0.29) is 11.3 Å². The van der Waals surface area contributed by atoms with Crippen molar-refractivity contribution in [3.05, 3.63) is 59.7 Å². The van der Waals surface area contributed by atoms with Gasteiger partial charge in [-0.2, -0.15) is 0 Å². The Morgan fingerprint density at radius 1 is 1.00 bits per heavy atom. The van der Waals surface area contributed by atoms with Gasteiger partial charge < -0.3 is 10.1 Å². The first-order chi connectivity index (χ1) is 12.4. The number of hydrogen-bond donors (Lipinski definition) is 1. The van der Waals surface area contributed by atoms with Gasteiger partial charge >= 0.3 is 5.97 Å². The van der Waals surface area contributed by atoms with Gasteiger partial charge in [0.2, 0.25) is 0 Å². The Morgan fingerprint density at radius 3 is 2.27 bits per heavy atom. The van der Waals surface area contributed by atoms with Crippen molar-refractivity contribution in [2.45, 2.75) is 18.7 Å². The second kappa shape index (κ2) is 9.05. The maximum atomic E-state index is 12.2. The van der Waals surface area contributed by atoms with Crippen molar-refractivity contribution >= 4 is 34.1 Å². The van der Waals surface area contributed by atoms with Crippen molar-refractivity contribution in [1.29, 1.82) is 0 Å². The maximum Gasteiger partial charge on any atom is 0.339 e. The third-order valence-electron chi connectivity index (χ3n) is 3.53. The molecule has 6 nitrogen and oxygen atoms in total. The number of esters is 1. The summed E-state index contributed by atoms with van der Waals surface area (Å²) < 4.78 is 17.0. The monoisotopic (exact) mass is 373 g/mol. The van der Waals surface area contributed by atoms with E-state index >= 15 is 0 Å². The van der Waals surface area contributed by atoms with Crippen molar-refractivity contribution in [1.82, 2.24) is 0 Å². The van der Waals surface area contributed by atoms with E-state index in [9.17, 15) is 18.6 Å². The molecule has 0 spiro atoms. The molecule has 0 saturated heterocycles. The summed E-state index contributed by atoms with van der Waals surface area (Å²) in [7, 11) is -1.32. The molecule has 1 atom stereocenters. The number of amides is 1. The fourth-order valence-electron chi connectivity index (χ4n) is 2.28. The molecular weight excluding hydrogens is 354 g/mol. The Bertz CT molecular complexity index is 863. The van der Waals surface area contributed by atoms with Gasteiger partial charge in [-0.1, -0.05) is 31.2 Å². The second-order valence-corrected chi connectivity index (χ2v) is 7.06. The lowest BCUT2D eigenvalue weighted by Crippen LogP contribution is -2.22. The number of carbonyl (C=O) groups excluding carboxylic acids is 3. The highest BCUT2D eigenvalue weighted by molar-refractivity contribution is 7.85. The Morgan fingerprint density at radius 2 is 1.62 bits per heavy atom. The molecule has 0 radical (unpaired) electrons. The van der Waals surface area contributed by atoms with Gasteiger partial charge in [0.1, 0.15) is 0 Å². The lowest BCUT2D eigenvalue weighted by Gasteiger charge is -2.10. The summed E-state index contributed by atoms with van der Waals surface area (Å²) in [5.74, 6) is -1.11. The summed E-state index contributed by atoms with van der Waals surface area (Å²) in [6, 6.07) is 13.0. The Labute approximate surface area is 154 Å². The first-order valence-electron chi connectivity index (χ1n) is 7.98. The van der Waals surface area contributed by atoms with Gasteiger partial charge in [0.15, 0.2) is 12.4 Å². The van der Waals surface area contributed by atoms with Crippen LogP contribution in [0.4, 0.5) is 5.69 Å². The Balaban J connectivity index is 2.04. The molecule has 26 heavy (non-hydrogen) atoms. The molecule has 0 bridgehead atoms. The molecule has 2 rings (SSSR count). The molecule has 1 N–H and O–H groups in total. The topological polar surface area (TPSA) is 89.5 Å². The zero-order valence-corrected chi connectivity index (χ0v) is 15.3. The van der Waals surface area contributed by atoms with Gasteiger partial charge in [0, 0.05) is 11.3 Å². The highest BCUT2D eigenvalue weighted by atomic mass is 32.2. The average molecular weight is 373 g/mol. The molecule has 0 saturated carbocycles. The van der Waals surface area contributed by atoms with E-state index < -0.39 is 29.3 Å². The van der Waals surface area contributed by atoms with Crippen LogP contribution in [0.25, 0.3) is 0 Å². The Hall–Kier alpha value is -2.80. The van der Waals surface area contributed by atoms with E-state index in [1.807, 2.05) is 0 Å². The van der Waals surface area contributed by atoms with Gasteiger partial charge in [-0.05, 0) is 31.2 Å². The van der Waals surface area contributed by atoms with Crippen LogP contribution >= 0.6 is 0 Å². The van der Waals surface area contributed by atoms with Crippen molar-refractivity contribution in [2.24, 2.45) is 0 Å². The smallest absolute Gasteiger partial charge is 0.339 e. The molecule has 0 aliphatic carbocycles. The number of Topliss-reactive ketones (excluding diaryl/α,β-unsaturated/α-hetero) is 1. The zero-order valence-electron chi connectivity index (χ0n) is 14.5. The number of rotatable bonds is 7. The van der Waals surface area contributed by atoms with Crippen molar-refractivity contribution < 1.29 is 23.3 Å². The van der Waals surface area contributed by atoms with Gasteiger partial charge in [0.25, 0.3) is 5.91 Å². The van der Waals surface area contributed by atoms with Crippen LogP contribution in [0, 0.1) is 0 Å². The molecule has 0 heterocycles. The summed E-state index contributed by atoms with van der Waals surface area (Å²) in [5, 5.41) is 2.55. The molecule has 1 amide bonds. The van der Waals surface area contributed by atoms with Crippen LogP contribution in [0.2, 0.25) is 0 Å². The van der Waals surface area contributed by atoms with Crippen LogP contribution in [0.1, 0.15) is 34.6 Å². The minimum Gasteiger partial charge on any atom is -0.452 e. The fraction of sp³-hybridized carbons (Fsp3) is 0.211. The summed E-state index contributed by atoms with van der Waals surface area (Å²) in [5.41, 5.74) is 0.897. The molecule has 2 aromatic carbocycles. The number of nitrogens with one attached hydrogen (secondary N) is 1. The van der Waals surface area contributed by atoms with E-state index in [2.05, 4.69) is 5.32 Å². The third-order valence-corrected chi connectivity index (χ3v) is 4.90. The Kier molecular flexibility index (Phi) is 6.80. The van der Waals surface area contributed by atoms with Crippen molar-refractivity contribution in [3.63, 3.8) is 0 Å². The van der Waals surface area contributed by atoms with Gasteiger partial charge in [-0.25, -0.2) is 4.79 Å². The highest BCUT2D eigenvalue weighted by Gasteiger charge is 2.17. The molecule has 7 heteroatoms. The van der Waals surface area contributed by atoms with Crippen molar-refractivity contribution in [3.8, 4) is 0 Å². The predicted molar refractivity (Wildman–Crippen MR) is 98.8 cm³/mol. The molecule has 0 aliphatic rings. The van der Waals surface area contributed by atoms with Crippen LogP contribution in [0.15, 0.2) is 53.4 Å². The summed E-state index contributed by atoms with van der Waals surface area (Å²) >= 11 is 0. The number of carbonyl (C=O) groups is 3. The average Bonchev–Trinajstić information content (AvgIpc) is 2.65. The maximum absolute atomic E-state index is 12.2. The van der Waals surface area contributed by atoms with Crippen LogP contribution in [0.5, 0.6) is 0 Å². The number of ketones is 1. The van der Waals surface area contributed by atoms with Crippen LogP contribution < -0.4 is 5.32 Å². The summed E-state index contributed by atoms with van der Waals surface area (Å²) in [4.78, 5) is 36.2. The van der Waals surface area contributed by atoms with Gasteiger partial charge in [0.05, 0.1) is 26.9 Å². The van der Waals surface area contributed by atoms with Crippen LogP contribution in [0.3, 0.4) is 0 Å². The number of hydrogen-bond acceptors (Lipinski definition) is 5. The second-order valence-electron chi connectivity index (χ2n) is 5.36. The SMILES string of the molecule is CCS(=O)c1ccccc1C(=O)OCC(=O)Nc1ccccc1C(C)=O. The molecule has 2 aromatic rings. The van der Waals surface area contributed by atoms with Gasteiger partial charge in [-0.3, -0.25) is 13.8 Å². The molecule has 0 fully saturated rings. The van der Waals surface area contributed by atoms with E-state index in [1.54, 1.807) is 49.4 Å². The van der Waals surface area contributed by atoms with Crippen molar-refractivity contribution in [2.75, 3.05) is 17.7 Å². The fourth-order valence-corrected chi connectivity index (χ4v) is 3.22. The number of ether oxygens (including phenoxy) is 1. The molecular formula is C19H19NO5S. The zero-order chi connectivity index (χ0) is 19.1. The largest absolute Gasteiger partial charge is 0.452 e. The van der Waals surface area contributed by atoms with E-state index in [1.165, 1.54) is 13.0 Å². The molecule has 1 unspecified atom stereocenters. The third kappa shape index (κ3) is 4.86. The minimum atomic E-state index is -1.32. The predicted octanol–water partition coefficient (Wildman–Crippen LogP) is 2.81. The number of para-hydroxylation sites is 1. The number of benzene rings is 2. The lowest BCUT2D eigenvalue weighted by molar-refractivity contribution is -0.119. The normalized spacial score (nSPS) is 11.5. The summed E-state index contributed by atoms with van der Waals surface area (Å²) in [6.07, 6.45) is 0. The molecule has 0 aliphatic heterocycles. The standard InChI is InChI=1S/C19H19NO5S/c1-3-26(24)17-11-7-5-9-15(17)19(23)25-12-18(22)20-16-10-6-4-8-14(16)13(2)21/h4-11H,3,12H2,1-2H3,(H,20,22). The van der Waals surface area contributed by atoms with Crippen LogP contribution in [-0.4, -0.2) is 34.2 Å². The quantitative estimate of drug-likeness (QED) is 0.595. The first-order valence-corrected chi connectivity index (χ1v) is 9.30. The van der Waals surface area contributed by atoms with E-state index in [0.717, 1.165) is 0 Å². The van der Waals surface area contributed by atoms with Gasteiger partial charge in [-0.15, -0.1) is 0 Å². The first kappa shape index (κ1) is 19.5. The lowest BCUT2D eigenvalue weighted by atomic mass is 10.1. The molecule has 0 aromatic heterocycles.